The Kier molecular flexibility index (Phi) is 8.38. The molecule has 0 spiro atoms. The van der Waals surface area contributed by atoms with Crippen LogP contribution < -0.4 is 11.2 Å². The number of fused-ring (bicyclic) bond motifs is 1. The van der Waals surface area contributed by atoms with Crippen molar-refractivity contribution in [3.63, 3.8) is 0 Å². The molecule has 2 aromatic rings. The lowest BCUT2D eigenvalue weighted by molar-refractivity contribution is -0.131. The highest BCUT2D eigenvalue weighted by Crippen LogP contribution is 2.19. The van der Waals surface area contributed by atoms with E-state index in [1.807, 2.05) is 9.47 Å². The number of carbonyl (C=O) groups excluding carboxylic acids is 1. The minimum atomic E-state index is -0.421. The molecule has 2 aromatic heterocycles. The molecule has 190 valence electrons. The van der Waals surface area contributed by atoms with E-state index >= 15 is 0 Å². The number of rotatable bonds is 8. The van der Waals surface area contributed by atoms with Crippen molar-refractivity contribution in [1.29, 1.82) is 0 Å². The lowest BCUT2D eigenvalue weighted by atomic mass is 10.1. The van der Waals surface area contributed by atoms with Crippen molar-refractivity contribution >= 4 is 17.1 Å². The van der Waals surface area contributed by atoms with E-state index in [9.17, 15) is 14.4 Å². The third-order valence-corrected chi connectivity index (χ3v) is 6.61. The maximum Gasteiger partial charge on any atom is 0.330 e. The number of nitrogens with zero attached hydrogens (tertiary/aromatic N) is 5. The third-order valence-electron chi connectivity index (χ3n) is 6.61. The number of aromatic nitrogens is 4. The zero-order valence-electron chi connectivity index (χ0n) is 21.8. The molecule has 0 aromatic carbocycles. The smallest absolute Gasteiger partial charge is 0.330 e. The number of hydrogen-bond donors (Lipinski definition) is 1. The minimum Gasteiger partial charge on any atom is -0.341 e. The van der Waals surface area contributed by atoms with E-state index in [1.54, 1.807) is 4.57 Å². The van der Waals surface area contributed by atoms with Crippen LogP contribution in [0.15, 0.2) is 9.59 Å². The average Bonchev–Trinajstić information content (AvgIpc) is 2.92. The molecule has 1 fully saturated rings. The van der Waals surface area contributed by atoms with Crippen LogP contribution in [0.2, 0.25) is 0 Å². The van der Waals surface area contributed by atoms with Gasteiger partial charge < -0.3 is 9.47 Å². The van der Waals surface area contributed by atoms with Crippen molar-refractivity contribution in [2.24, 2.45) is 5.92 Å². The van der Waals surface area contributed by atoms with Crippen molar-refractivity contribution in [2.75, 3.05) is 26.2 Å². The predicted octanol–water partition coefficient (Wildman–Crippen LogP) is 2.61. The Labute approximate surface area is 202 Å². The van der Waals surface area contributed by atoms with Gasteiger partial charge in [-0.3, -0.25) is 24.0 Å². The topological polar surface area (TPSA) is 96.2 Å². The first-order valence-electron chi connectivity index (χ1n) is 12.8. The molecule has 9 nitrogen and oxygen atoms in total. The van der Waals surface area contributed by atoms with Gasteiger partial charge in [-0.1, -0.05) is 27.2 Å². The van der Waals surface area contributed by atoms with Crippen molar-refractivity contribution in [3.05, 3.63) is 26.7 Å². The molecule has 3 rings (SSSR count). The number of carbonyl (C=O) groups is 1. The highest BCUT2D eigenvalue weighted by atomic mass is 16.2. The number of aryl methyl sites for hydroxylation is 2. The van der Waals surface area contributed by atoms with Gasteiger partial charge in [0.2, 0.25) is 5.91 Å². The first kappa shape index (κ1) is 26.2. The number of unbranched alkanes of at least 4 members (excludes halogenated alkanes) is 1. The Hall–Kier alpha value is -2.42. The zero-order chi connectivity index (χ0) is 25.0. The molecule has 1 saturated heterocycles. The SMILES string of the molecule is CCCCn1c(=O)[nH]c(=O)c2c1nc(CCC(=O)N1CCCN(C(C)(C)C)CC1)n2CC(C)C. The first-order chi connectivity index (χ1) is 16.0. The van der Waals surface area contributed by atoms with Crippen LogP contribution in [0.3, 0.4) is 0 Å². The summed E-state index contributed by atoms with van der Waals surface area (Å²) in [5.74, 6) is 1.11. The average molecular weight is 475 g/mol. The van der Waals surface area contributed by atoms with Gasteiger partial charge in [0.15, 0.2) is 11.2 Å². The summed E-state index contributed by atoms with van der Waals surface area (Å²) in [6, 6.07) is 0. The second-order valence-electron chi connectivity index (χ2n) is 10.9. The van der Waals surface area contributed by atoms with E-state index in [1.165, 1.54) is 0 Å². The quantitative estimate of drug-likeness (QED) is 0.634. The van der Waals surface area contributed by atoms with Crippen molar-refractivity contribution in [2.45, 2.75) is 92.3 Å². The fourth-order valence-corrected chi connectivity index (χ4v) is 4.71. The second-order valence-corrected chi connectivity index (χ2v) is 10.9. The lowest BCUT2D eigenvalue weighted by Crippen LogP contribution is -2.44. The number of amides is 1. The van der Waals surface area contributed by atoms with E-state index in [4.69, 9.17) is 4.98 Å². The van der Waals surface area contributed by atoms with E-state index in [-0.39, 0.29) is 17.4 Å². The molecule has 1 aliphatic heterocycles. The Morgan fingerprint density at radius 1 is 1.09 bits per heavy atom. The maximum atomic E-state index is 13.1. The molecule has 0 saturated carbocycles. The van der Waals surface area contributed by atoms with Crippen LogP contribution in [0, 0.1) is 5.92 Å². The lowest BCUT2D eigenvalue weighted by Gasteiger charge is -2.34. The van der Waals surface area contributed by atoms with E-state index in [2.05, 4.69) is 51.4 Å². The van der Waals surface area contributed by atoms with Crippen molar-refractivity contribution < 1.29 is 4.79 Å². The monoisotopic (exact) mass is 474 g/mol. The van der Waals surface area contributed by atoms with Crippen LogP contribution in [0.25, 0.3) is 11.2 Å². The molecule has 1 amide bonds. The molecule has 9 heteroatoms. The normalized spacial score (nSPS) is 15.9. The fourth-order valence-electron chi connectivity index (χ4n) is 4.71. The predicted molar refractivity (Wildman–Crippen MR) is 135 cm³/mol. The van der Waals surface area contributed by atoms with Gasteiger partial charge in [-0.05, 0) is 39.5 Å². The molecular weight excluding hydrogens is 432 g/mol. The van der Waals surface area contributed by atoms with Crippen LogP contribution in [-0.4, -0.2) is 66.5 Å². The highest BCUT2D eigenvalue weighted by Gasteiger charge is 2.26. The number of aromatic amines is 1. The van der Waals surface area contributed by atoms with E-state index in [0.29, 0.717) is 42.9 Å². The van der Waals surface area contributed by atoms with Gasteiger partial charge in [-0.15, -0.1) is 0 Å². The van der Waals surface area contributed by atoms with Gasteiger partial charge >= 0.3 is 5.69 Å². The van der Waals surface area contributed by atoms with Crippen LogP contribution >= 0.6 is 0 Å². The van der Waals surface area contributed by atoms with Gasteiger partial charge in [0.05, 0.1) is 0 Å². The molecular formula is C25H42N6O3. The van der Waals surface area contributed by atoms with Crippen molar-refractivity contribution in [1.82, 2.24) is 28.9 Å². The van der Waals surface area contributed by atoms with Gasteiger partial charge in [-0.25, -0.2) is 9.78 Å². The summed E-state index contributed by atoms with van der Waals surface area (Å²) in [4.78, 5) is 50.0. The van der Waals surface area contributed by atoms with Gasteiger partial charge in [0, 0.05) is 57.6 Å². The summed E-state index contributed by atoms with van der Waals surface area (Å²) in [6.07, 6.45) is 3.51. The Balaban J connectivity index is 1.85. The van der Waals surface area contributed by atoms with Crippen molar-refractivity contribution in [3.8, 4) is 0 Å². The van der Waals surface area contributed by atoms with Gasteiger partial charge in [0.25, 0.3) is 5.56 Å². The van der Waals surface area contributed by atoms with Gasteiger partial charge in [0.1, 0.15) is 5.82 Å². The van der Waals surface area contributed by atoms with Gasteiger partial charge in [-0.2, -0.15) is 0 Å². The summed E-state index contributed by atoms with van der Waals surface area (Å²) in [7, 11) is 0. The number of nitrogens with one attached hydrogen (secondary N) is 1. The molecule has 3 heterocycles. The molecule has 1 aliphatic rings. The number of imidazole rings is 1. The molecule has 0 atom stereocenters. The summed E-state index contributed by atoms with van der Waals surface area (Å²) in [5, 5.41) is 0. The molecule has 34 heavy (non-hydrogen) atoms. The Bertz CT molecular complexity index is 1100. The summed E-state index contributed by atoms with van der Waals surface area (Å²) >= 11 is 0. The fraction of sp³-hybridized carbons (Fsp3) is 0.760. The molecule has 0 aliphatic carbocycles. The molecule has 0 radical (unpaired) electrons. The van der Waals surface area contributed by atoms with E-state index in [0.717, 1.165) is 45.4 Å². The Morgan fingerprint density at radius 3 is 2.47 bits per heavy atom. The largest absolute Gasteiger partial charge is 0.341 e. The van der Waals surface area contributed by atoms with Crippen LogP contribution in [0.4, 0.5) is 0 Å². The van der Waals surface area contributed by atoms with E-state index < -0.39 is 11.2 Å². The molecule has 0 bridgehead atoms. The summed E-state index contributed by atoms with van der Waals surface area (Å²) in [5.41, 5.74) is 0.133. The Morgan fingerprint density at radius 2 is 1.82 bits per heavy atom. The van der Waals surface area contributed by atoms with Crippen LogP contribution in [0.1, 0.15) is 73.1 Å². The summed E-state index contributed by atoms with van der Waals surface area (Å²) < 4.78 is 3.48. The molecule has 0 unspecified atom stereocenters. The van der Waals surface area contributed by atoms with Crippen LogP contribution in [-0.2, 0) is 24.3 Å². The van der Waals surface area contributed by atoms with Crippen LogP contribution in [0.5, 0.6) is 0 Å². The number of hydrogen-bond acceptors (Lipinski definition) is 5. The highest BCUT2D eigenvalue weighted by molar-refractivity contribution is 5.77. The third kappa shape index (κ3) is 5.98. The zero-order valence-corrected chi connectivity index (χ0v) is 21.8. The minimum absolute atomic E-state index is 0.0986. The first-order valence-corrected chi connectivity index (χ1v) is 12.8. The summed E-state index contributed by atoms with van der Waals surface area (Å²) in [6.45, 7) is 17.4. The maximum absolute atomic E-state index is 13.1. The standard InChI is InChI=1S/C25H42N6O3/c1-7-8-14-30-22-21(23(33)27-24(30)34)31(17-18(2)3)19(26-22)10-11-20(32)28-12-9-13-29(16-15-28)25(4,5)6/h18H,7-17H2,1-6H3,(H,27,33,34). The second kappa shape index (κ2) is 10.9. The number of H-pyrrole nitrogens is 1. The molecule has 1 N–H and O–H groups in total.